The molecular weight excluding hydrogens is 338 g/mol. The molecule has 0 aliphatic carbocycles. The van der Waals surface area contributed by atoms with E-state index in [1.807, 2.05) is 13.0 Å². The summed E-state index contributed by atoms with van der Waals surface area (Å²) < 4.78 is 16.2. The maximum atomic E-state index is 12.4. The van der Waals surface area contributed by atoms with Gasteiger partial charge in [-0.1, -0.05) is 24.3 Å². The van der Waals surface area contributed by atoms with E-state index in [9.17, 15) is 9.59 Å². The molecule has 0 bridgehead atoms. The standard InChI is InChI=1S/C19H21NO6/c1-3-25-15-10-6-7-11-16(15)26-14-9-5-4-8-13(14)18(21)20-12-17(24-2)19(22)23/h4-11,17H,3,12H2,1-2H3,(H,20,21)(H,22,23). The molecule has 2 rings (SSSR count). The van der Waals surface area contributed by atoms with Crippen molar-refractivity contribution >= 4 is 11.9 Å². The summed E-state index contributed by atoms with van der Waals surface area (Å²) in [6.07, 6.45) is -1.12. The zero-order valence-electron chi connectivity index (χ0n) is 14.6. The fourth-order valence-corrected chi connectivity index (χ4v) is 2.22. The average Bonchev–Trinajstić information content (AvgIpc) is 2.64. The predicted molar refractivity (Wildman–Crippen MR) is 94.9 cm³/mol. The number of rotatable bonds is 9. The van der Waals surface area contributed by atoms with Crippen LogP contribution in [0.3, 0.4) is 0 Å². The minimum atomic E-state index is -1.15. The fourth-order valence-electron chi connectivity index (χ4n) is 2.22. The molecule has 7 nitrogen and oxygen atoms in total. The molecule has 0 radical (unpaired) electrons. The molecule has 0 aliphatic rings. The van der Waals surface area contributed by atoms with E-state index in [4.69, 9.17) is 19.3 Å². The Morgan fingerprint density at radius 2 is 1.65 bits per heavy atom. The Balaban J connectivity index is 2.17. The summed E-state index contributed by atoms with van der Waals surface area (Å²) in [5.41, 5.74) is 0.277. The number of hydrogen-bond donors (Lipinski definition) is 2. The van der Waals surface area contributed by atoms with Gasteiger partial charge in [-0.15, -0.1) is 0 Å². The lowest BCUT2D eigenvalue weighted by Crippen LogP contribution is -2.37. The number of aliphatic carboxylic acids is 1. The van der Waals surface area contributed by atoms with Crippen LogP contribution in [0.2, 0.25) is 0 Å². The maximum Gasteiger partial charge on any atom is 0.334 e. The first-order valence-electron chi connectivity index (χ1n) is 8.09. The number of para-hydroxylation sites is 3. The van der Waals surface area contributed by atoms with E-state index in [1.54, 1.807) is 42.5 Å². The van der Waals surface area contributed by atoms with Gasteiger partial charge in [0.1, 0.15) is 5.75 Å². The third kappa shape index (κ3) is 4.97. The number of carboxylic acid groups (broad SMARTS) is 1. The molecule has 0 saturated heterocycles. The summed E-state index contributed by atoms with van der Waals surface area (Å²) >= 11 is 0. The number of amides is 1. The molecule has 1 unspecified atom stereocenters. The first kappa shape index (κ1) is 19.3. The van der Waals surface area contributed by atoms with Crippen molar-refractivity contribution in [1.82, 2.24) is 5.32 Å². The van der Waals surface area contributed by atoms with E-state index >= 15 is 0 Å². The third-order valence-corrected chi connectivity index (χ3v) is 3.51. The van der Waals surface area contributed by atoms with Crippen LogP contribution in [0, 0.1) is 0 Å². The van der Waals surface area contributed by atoms with E-state index < -0.39 is 18.0 Å². The number of hydrogen-bond acceptors (Lipinski definition) is 5. The Morgan fingerprint density at radius 1 is 1.04 bits per heavy atom. The van der Waals surface area contributed by atoms with E-state index in [-0.39, 0.29) is 12.1 Å². The van der Waals surface area contributed by atoms with Gasteiger partial charge in [0.25, 0.3) is 5.91 Å². The Morgan fingerprint density at radius 3 is 2.27 bits per heavy atom. The van der Waals surface area contributed by atoms with Crippen molar-refractivity contribution in [3.8, 4) is 17.2 Å². The molecule has 0 saturated carbocycles. The van der Waals surface area contributed by atoms with Gasteiger partial charge in [-0.2, -0.15) is 0 Å². The van der Waals surface area contributed by atoms with Gasteiger partial charge in [-0.05, 0) is 31.2 Å². The Kier molecular flexibility index (Phi) is 6.99. The highest BCUT2D eigenvalue weighted by Crippen LogP contribution is 2.32. The van der Waals surface area contributed by atoms with Crippen LogP contribution in [0.5, 0.6) is 17.2 Å². The first-order valence-corrected chi connectivity index (χ1v) is 8.09. The van der Waals surface area contributed by atoms with Gasteiger partial charge in [-0.25, -0.2) is 4.79 Å². The molecule has 138 valence electrons. The zero-order chi connectivity index (χ0) is 18.9. The van der Waals surface area contributed by atoms with Crippen molar-refractivity contribution in [3.63, 3.8) is 0 Å². The van der Waals surface area contributed by atoms with Crippen LogP contribution in [0.4, 0.5) is 0 Å². The van der Waals surface area contributed by atoms with Crippen LogP contribution in [0.15, 0.2) is 48.5 Å². The topological polar surface area (TPSA) is 94.1 Å². The zero-order valence-corrected chi connectivity index (χ0v) is 14.6. The minimum Gasteiger partial charge on any atom is -0.490 e. The highest BCUT2D eigenvalue weighted by molar-refractivity contribution is 5.97. The second kappa shape index (κ2) is 9.43. The molecule has 0 aromatic heterocycles. The van der Waals surface area contributed by atoms with E-state index in [0.29, 0.717) is 23.9 Å². The lowest BCUT2D eigenvalue weighted by Gasteiger charge is -2.15. The largest absolute Gasteiger partial charge is 0.490 e. The molecule has 1 atom stereocenters. The Labute approximate surface area is 151 Å². The number of carboxylic acids is 1. The van der Waals surface area contributed by atoms with Crippen molar-refractivity contribution < 1.29 is 28.9 Å². The van der Waals surface area contributed by atoms with Gasteiger partial charge >= 0.3 is 5.97 Å². The van der Waals surface area contributed by atoms with Crippen LogP contribution in [0.1, 0.15) is 17.3 Å². The molecular formula is C19H21NO6. The normalized spacial score (nSPS) is 11.5. The molecule has 7 heteroatoms. The van der Waals surface area contributed by atoms with Crippen LogP contribution in [0.25, 0.3) is 0 Å². The summed E-state index contributed by atoms with van der Waals surface area (Å²) in [6.45, 7) is 2.19. The van der Waals surface area contributed by atoms with Crippen molar-refractivity contribution in [1.29, 1.82) is 0 Å². The predicted octanol–water partition coefficient (Wildman–Crippen LogP) is 2.71. The molecule has 2 aromatic carbocycles. The molecule has 0 fully saturated rings. The number of nitrogens with one attached hydrogen (secondary N) is 1. The highest BCUT2D eigenvalue weighted by atomic mass is 16.5. The number of methoxy groups -OCH3 is 1. The smallest absolute Gasteiger partial charge is 0.334 e. The molecule has 1 amide bonds. The lowest BCUT2D eigenvalue weighted by molar-refractivity contribution is -0.148. The molecule has 0 spiro atoms. The maximum absolute atomic E-state index is 12.4. The van der Waals surface area contributed by atoms with Crippen LogP contribution in [-0.4, -0.2) is 43.3 Å². The minimum absolute atomic E-state index is 0.158. The van der Waals surface area contributed by atoms with E-state index in [0.717, 1.165) is 0 Å². The number of carbonyl (C=O) groups excluding carboxylic acids is 1. The highest BCUT2D eigenvalue weighted by Gasteiger charge is 2.19. The second-order valence-electron chi connectivity index (χ2n) is 5.25. The van der Waals surface area contributed by atoms with Gasteiger partial charge in [0.05, 0.1) is 18.7 Å². The summed E-state index contributed by atoms with van der Waals surface area (Å²) in [4.78, 5) is 23.4. The van der Waals surface area contributed by atoms with Crippen LogP contribution in [-0.2, 0) is 9.53 Å². The van der Waals surface area contributed by atoms with Crippen molar-refractivity contribution in [2.45, 2.75) is 13.0 Å². The monoisotopic (exact) mass is 359 g/mol. The van der Waals surface area contributed by atoms with Gasteiger partial charge in [0.15, 0.2) is 17.6 Å². The second-order valence-corrected chi connectivity index (χ2v) is 5.25. The van der Waals surface area contributed by atoms with Crippen molar-refractivity contribution in [3.05, 3.63) is 54.1 Å². The molecule has 2 N–H and O–H groups in total. The molecule has 0 heterocycles. The van der Waals surface area contributed by atoms with Crippen molar-refractivity contribution in [2.24, 2.45) is 0 Å². The van der Waals surface area contributed by atoms with Gasteiger partial charge in [0.2, 0.25) is 0 Å². The summed E-state index contributed by atoms with van der Waals surface area (Å²) in [6, 6.07) is 13.8. The molecule has 26 heavy (non-hydrogen) atoms. The van der Waals surface area contributed by atoms with Gasteiger partial charge < -0.3 is 24.6 Å². The quantitative estimate of drug-likeness (QED) is 0.715. The van der Waals surface area contributed by atoms with Gasteiger partial charge in [0, 0.05) is 7.11 Å². The number of carbonyl (C=O) groups is 2. The lowest BCUT2D eigenvalue weighted by atomic mass is 10.2. The third-order valence-electron chi connectivity index (χ3n) is 3.51. The van der Waals surface area contributed by atoms with Gasteiger partial charge in [-0.3, -0.25) is 4.79 Å². The summed E-state index contributed by atoms with van der Waals surface area (Å²) in [5.74, 6) is -0.229. The Bertz CT molecular complexity index is 761. The first-order chi connectivity index (χ1) is 12.6. The van der Waals surface area contributed by atoms with E-state index in [1.165, 1.54) is 7.11 Å². The average molecular weight is 359 g/mol. The number of benzene rings is 2. The fraction of sp³-hybridized carbons (Fsp3) is 0.263. The SMILES string of the molecule is CCOc1ccccc1Oc1ccccc1C(=O)NCC(OC)C(=O)O. The molecule has 0 aliphatic heterocycles. The van der Waals surface area contributed by atoms with E-state index in [2.05, 4.69) is 5.32 Å². The Hall–Kier alpha value is -3.06. The van der Waals surface area contributed by atoms with Crippen LogP contribution < -0.4 is 14.8 Å². The summed E-state index contributed by atoms with van der Waals surface area (Å²) in [7, 11) is 1.27. The van der Waals surface area contributed by atoms with Crippen molar-refractivity contribution in [2.75, 3.05) is 20.3 Å². The molecule has 2 aromatic rings. The van der Waals surface area contributed by atoms with Crippen LogP contribution >= 0.6 is 0 Å². The number of ether oxygens (including phenoxy) is 3. The summed E-state index contributed by atoms with van der Waals surface area (Å²) in [5, 5.41) is 11.5.